The zero-order chi connectivity index (χ0) is 23.4. The number of fused-ring (bicyclic) bond motifs is 1. The first-order valence-electron chi connectivity index (χ1n) is 10.4. The van der Waals surface area contributed by atoms with Gasteiger partial charge >= 0.3 is 0 Å². The number of hydrogen-bond acceptors (Lipinski definition) is 4. The summed E-state index contributed by atoms with van der Waals surface area (Å²) in [6.07, 6.45) is 4.74. The summed E-state index contributed by atoms with van der Waals surface area (Å²) in [7, 11) is 1.64. The van der Waals surface area contributed by atoms with Gasteiger partial charge in [0, 0.05) is 30.5 Å². The zero-order valence-corrected chi connectivity index (χ0v) is 17.9. The fraction of sp³-hybridized carbons (Fsp3) is 0.192. The summed E-state index contributed by atoms with van der Waals surface area (Å²) < 4.78 is 47.8. The maximum Gasteiger partial charge on any atom is 0.159 e. The topological polar surface area (TPSA) is 58.8 Å². The van der Waals surface area contributed by atoms with E-state index in [0.29, 0.717) is 34.3 Å². The number of nitrogens with zero attached hydrogens (tertiary/aromatic N) is 3. The maximum absolute atomic E-state index is 15.1. The second-order valence-electron chi connectivity index (χ2n) is 7.68. The molecule has 0 aliphatic heterocycles. The van der Waals surface area contributed by atoms with Gasteiger partial charge in [0.2, 0.25) is 0 Å². The molecule has 0 saturated carbocycles. The van der Waals surface area contributed by atoms with Gasteiger partial charge in [-0.15, -0.1) is 0 Å². The lowest BCUT2D eigenvalue weighted by Gasteiger charge is -2.09. The third-order valence-electron chi connectivity index (χ3n) is 5.49. The molecule has 0 bridgehead atoms. The number of methoxy groups -OCH3 is 1. The molecule has 0 N–H and O–H groups in total. The summed E-state index contributed by atoms with van der Waals surface area (Å²) in [5, 5.41) is 9.93. The van der Waals surface area contributed by atoms with Crippen LogP contribution in [-0.4, -0.2) is 23.7 Å². The first-order chi connectivity index (χ1) is 16.0. The number of ether oxygens (including phenoxy) is 1. The first kappa shape index (κ1) is 22.4. The summed E-state index contributed by atoms with van der Waals surface area (Å²) in [5.41, 5.74) is 1.94. The molecule has 0 amide bonds. The Labute approximate surface area is 189 Å². The molecule has 4 aromatic rings. The van der Waals surface area contributed by atoms with Crippen molar-refractivity contribution in [3.8, 4) is 17.5 Å². The predicted octanol–water partition coefficient (Wildman–Crippen LogP) is 5.56. The molecule has 4 nitrogen and oxygen atoms in total. The van der Waals surface area contributed by atoms with E-state index < -0.39 is 17.2 Å². The molecule has 0 spiro atoms. The Balaban J connectivity index is 1.54. The van der Waals surface area contributed by atoms with Crippen molar-refractivity contribution in [2.24, 2.45) is 0 Å². The van der Waals surface area contributed by atoms with Crippen molar-refractivity contribution in [3.63, 3.8) is 0 Å². The van der Waals surface area contributed by atoms with Crippen LogP contribution in [0, 0.1) is 28.8 Å². The molecule has 33 heavy (non-hydrogen) atoms. The standard InChI is InChI=1S/C26H20F3N3O/c1-33-9-8-17-14-31-26(32-15-17)20-6-7-21-19(12-20)5-4-18(25(21)29)3-2-16-10-23(27)22(13-30)24(28)11-16/h4-7,10-12,14-15H,2-3,8-9H2,1H3. The van der Waals surface area contributed by atoms with Crippen LogP contribution in [0.4, 0.5) is 13.2 Å². The van der Waals surface area contributed by atoms with E-state index in [1.165, 1.54) is 6.07 Å². The van der Waals surface area contributed by atoms with Gasteiger partial charge < -0.3 is 4.74 Å². The average molecular weight is 447 g/mol. The highest BCUT2D eigenvalue weighted by Crippen LogP contribution is 2.27. The number of benzene rings is 3. The van der Waals surface area contributed by atoms with E-state index in [9.17, 15) is 8.78 Å². The molecule has 4 rings (SSSR count). The zero-order valence-electron chi connectivity index (χ0n) is 17.9. The van der Waals surface area contributed by atoms with Gasteiger partial charge in [-0.05, 0) is 59.5 Å². The summed E-state index contributed by atoms with van der Waals surface area (Å²) in [6, 6.07) is 12.5. The van der Waals surface area contributed by atoms with Gasteiger partial charge in [0.05, 0.1) is 6.61 Å². The van der Waals surface area contributed by atoms with E-state index in [4.69, 9.17) is 10.00 Å². The molecule has 0 unspecified atom stereocenters. The molecule has 0 fully saturated rings. The molecule has 7 heteroatoms. The van der Waals surface area contributed by atoms with Crippen LogP contribution in [0.25, 0.3) is 22.2 Å². The van der Waals surface area contributed by atoms with Crippen LogP contribution in [0.15, 0.2) is 54.9 Å². The van der Waals surface area contributed by atoms with Crippen molar-refractivity contribution in [3.05, 3.63) is 94.6 Å². The number of rotatable bonds is 7. The Kier molecular flexibility index (Phi) is 6.66. The van der Waals surface area contributed by atoms with Crippen molar-refractivity contribution in [2.45, 2.75) is 19.3 Å². The molecule has 3 aromatic carbocycles. The minimum absolute atomic E-state index is 0.239. The lowest BCUT2D eigenvalue weighted by Crippen LogP contribution is -1.99. The van der Waals surface area contributed by atoms with Crippen LogP contribution in [0.3, 0.4) is 0 Å². The lowest BCUT2D eigenvalue weighted by atomic mass is 9.98. The Bertz CT molecular complexity index is 1320. The van der Waals surface area contributed by atoms with E-state index in [2.05, 4.69) is 9.97 Å². The normalized spacial score (nSPS) is 11.0. The van der Waals surface area contributed by atoms with Crippen molar-refractivity contribution < 1.29 is 17.9 Å². The van der Waals surface area contributed by atoms with Crippen molar-refractivity contribution in [2.75, 3.05) is 13.7 Å². The van der Waals surface area contributed by atoms with Gasteiger partial charge in [-0.2, -0.15) is 5.26 Å². The number of hydrogen-bond donors (Lipinski definition) is 0. The fourth-order valence-electron chi connectivity index (χ4n) is 3.68. The maximum atomic E-state index is 15.1. The van der Waals surface area contributed by atoms with E-state index >= 15 is 4.39 Å². The molecule has 0 aliphatic carbocycles. The van der Waals surface area contributed by atoms with Gasteiger partial charge in [0.25, 0.3) is 0 Å². The minimum atomic E-state index is -0.909. The van der Waals surface area contributed by atoms with E-state index in [1.54, 1.807) is 37.7 Å². The Hall–Kier alpha value is -3.76. The summed E-state index contributed by atoms with van der Waals surface area (Å²) >= 11 is 0. The fourth-order valence-corrected chi connectivity index (χ4v) is 3.68. The first-order valence-corrected chi connectivity index (χ1v) is 10.4. The van der Waals surface area contributed by atoms with Crippen molar-refractivity contribution in [1.82, 2.24) is 9.97 Å². The smallest absolute Gasteiger partial charge is 0.159 e. The van der Waals surface area contributed by atoms with Crippen LogP contribution >= 0.6 is 0 Å². The molecule has 1 aromatic heterocycles. The van der Waals surface area contributed by atoms with Crippen LogP contribution in [-0.2, 0) is 24.0 Å². The SMILES string of the molecule is COCCc1cnc(-c2ccc3c(F)c(CCc4cc(F)c(C#N)c(F)c4)ccc3c2)nc1. The lowest BCUT2D eigenvalue weighted by molar-refractivity contribution is 0.202. The van der Waals surface area contributed by atoms with Crippen LogP contribution in [0.5, 0.6) is 0 Å². The second-order valence-corrected chi connectivity index (χ2v) is 7.68. The van der Waals surface area contributed by atoms with E-state index in [-0.39, 0.29) is 18.7 Å². The number of nitriles is 1. The third kappa shape index (κ3) is 4.86. The summed E-state index contributed by atoms with van der Waals surface area (Å²) in [6.45, 7) is 0.593. The van der Waals surface area contributed by atoms with Crippen molar-refractivity contribution >= 4 is 10.8 Å². The minimum Gasteiger partial charge on any atom is -0.384 e. The van der Waals surface area contributed by atoms with Gasteiger partial charge in [0.1, 0.15) is 29.1 Å². The molecule has 166 valence electrons. The predicted molar refractivity (Wildman–Crippen MR) is 119 cm³/mol. The average Bonchev–Trinajstić information content (AvgIpc) is 2.82. The summed E-state index contributed by atoms with van der Waals surface area (Å²) in [4.78, 5) is 8.79. The number of halogens is 3. The number of aromatic nitrogens is 2. The molecule has 0 radical (unpaired) electrons. The van der Waals surface area contributed by atoms with Crippen LogP contribution in [0.2, 0.25) is 0 Å². The Morgan fingerprint density at radius 3 is 2.27 bits per heavy atom. The van der Waals surface area contributed by atoms with E-state index in [1.807, 2.05) is 12.1 Å². The van der Waals surface area contributed by atoms with E-state index in [0.717, 1.165) is 29.7 Å². The summed E-state index contributed by atoms with van der Waals surface area (Å²) in [5.74, 6) is -1.64. The molecular formula is C26H20F3N3O. The molecular weight excluding hydrogens is 427 g/mol. The van der Waals surface area contributed by atoms with Gasteiger partial charge in [-0.3, -0.25) is 0 Å². The Morgan fingerprint density at radius 1 is 0.879 bits per heavy atom. The van der Waals surface area contributed by atoms with Gasteiger partial charge in [0.15, 0.2) is 5.82 Å². The highest BCUT2D eigenvalue weighted by atomic mass is 19.1. The quantitative estimate of drug-likeness (QED) is 0.372. The van der Waals surface area contributed by atoms with Crippen LogP contribution < -0.4 is 0 Å². The van der Waals surface area contributed by atoms with Gasteiger partial charge in [-0.1, -0.05) is 24.3 Å². The monoisotopic (exact) mass is 447 g/mol. The highest BCUT2D eigenvalue weighted by molar-refractivity contribution is 5.87. The Morgan fingerprint density at radius 2 is 1.61 bits per heavy atom. The van der Waals surface area contributed by atoms with Gasteiger partial charge in [-0.25, -0.2) is 23.1 Å². The van der Waals surface area contributed by atoms with Crippen LogP contribution in [0.1, 0.15) is 22.3 Å². The molecule has 0 atom stereocenters. The molecule has 1 heterocycles. The highest BCUT2D eigenvalue weighted by Gasteiger charge is 2.13. The second kappa shape index (κ2) is 9.80. The van der Waals surface area contributed by atoms with Crippen molar-refractivity contribution in [1.29, 1.82) is 5.26 Å². The molecule has 0 saturated heterocycles. The molecule has 0 aliphatic rings. The number of aryl methyl sites for hydroxylation is 2. The third-order valence-corrected chi connectivity index (χ3v) is 5.49. The largest absolute Gasteiger partial charge is 0.384 e.